The van der Waals surface area contributed by atoms with E-state index >= 15 is 0 Å². The minimum absolute atomic E-state index is 0.243. The van der Waals surface area contributed by atoms with E-state index in [4.69, 9.17) is 0 Å². The van der Waals surface area contributed by atoms with Gasteiger partial charge in [0.15, 0.2) is 22.6 Å². The van der Waals surface area contributed by atoms with Crippen LogP contribution < -0.4 is 10.9 Å². The Labute approximate surface area is 197 Å². The molecule has 0 fully saturated rings. The van der Waals surface area contributed by atoms with Crippen molar-refractivity contribution in [1.82, 2.24) is 9.55 Å². The lowest BCUT2D eigenvalue weighted by atomic mass is 10.0. The van der Waals surface area contributed by atoms with Gasteiger partial charge in [0.1, 0.15) is 0 Å². The van der Waals surface area contributed by atoms with Crippen LogP contribution in [0.15, 0.2) is 70.6 Å². The summed E-state index contributed by atoms with van der Waals surface area (Å²) in [6.07, 6.45) is 0. The maximum Gasteiger partial charge on any atom is 0.266 e. The van der Waals surface area contributed by atoms with Crippen molar-refractivity contribution < 1.29 is 18.0 Å². The van der Waals surface area contributed by atoms with E-state index in [1.54, 1.807) is 24.3 Å². The molecule has 34 heavy (non-hydrogen) atoms. The largest absolute Gasteiger partial charge is 0.323 e. The summed E-state index contributed by atoms with van der Waals surface area (Å²) in [5.74, 6) is -5.09. The van der Waals surface area contributed by atoms with Crippen molar-refractivity contribution in [3.05, 3.63) is 94.0 Å². The number of aromatic nitrogens is 2. The number of rotatable bonds is 6. The number of para-hydroxylation sites is 1. The zero-order chi connectivity index (χ0) is 24.4. The number of fused-ring (bicyclic) bond motifs is 1. The summed E-state index contributed by atoms with van der Waals surface area (Å²) < 4.78 is 41.9. The Balaban J connectivity index is 1.66. The second kappa shape index (κ2) is 9.72. The van der Waals surface area contributed by atoms with Gasteiger partial charge in [-0.25, -0.2) is 18.2 Å². The lowest BCUT2D eigenvalue weighted by molar-refractivity contribution is -0.113. The van der Waals surface area contributed by atoms with Gasteiger partial charge in [0.05, 0.1) is 28.0 Å². The molecule has 1 amide bonds. The van der Waals surface area contributed by atoms with Gasteiger partial charge in [-0.15, -0.1) is 0 Å². The molecule has 5 nitrogen and oxygen atoms in total. The minimum Gasteiger partial charge on any atom is -0.323 e. The monoisotopic (exact) mass is 483 g/mol. The van der Waals surface area contributed by atoms with Gasteiger partial charge in [-0.3, -0.25) is 14.2 Å². The van der Waals surface area contributed by atoms with E-state index in [-0.39, 0.29) is 16.5 Å². The number of carbonyl (C=O) groups excluding carboxylic acids is 1. The van der Waals surface area contributed by atoms with Crippen LogP contribution in [0.25, 0.3) is 16.6 Å². The molecule has 9 heteroatoms. The Morgan fingerprint density at radius 3 is 2.41 bits per heavy atom. The number of hydrogen-bond acceptors (Lipinski definition) is 4. The standard InChI is InChI=1S/C25H20F3N3O2S/c1-14(2)15-7-9-16(10-8-15)31-24(33)17-5-3-4-6-19(17)30-25(31)34-13-21(32)29-20-12-11-18(26)22(27)23(20)28/h3-12,14H,13H2,1-2H3,(H,29,32). The molecule has 0 radical (unpaired) electrons. The average molecular weight is 484 g/mol. The van der Waals surface area contributed by atoms with Crippen LogP contribution in [0.3, 0.4) is 0 Å². The predicted molar refractivity (Wildman–Crippen MR) is 127 cm³/mol. The number of hydrogen-bond donors (Lipinski definition) is 1. The fourth-order valence-corrected chi connectivity index (χ4v) is 4.20. The van der Waals surface area contributed by atoms with Gasteiger partial charge in [-0.2, -0.15) is 0 Å². The second-order valence-corrected chi connectivity index (χ2v) is 8.80. The highest BCUT2D eigenvalue weighted by Gasteiger charge is 2.18. The fraction of sp³-hybridized carbons (Fsp3) is 0.160. The van der Waals surface area contributed by atoms with Crippen molar-refractivity contribution >= 4 is 34.3 Å². The zero-order valence-corrected chi connectivity index (χ0v) is 19.1. The molecule has 4 aromatic rings. The highest BCUT2D eigenvalue weighted by atomic mass is 32.2. The molecule has 4 rings (SSSR count). The summed E-state index contributed by atoms with van der Waals surface area (Å²) in [5.41, 5.74) is 1.39. The van der Waals surface area contributed by atoms with Crippen LogP contribution in [-0.4, -0.2) is 21.2 Å². The van der Waals surface area contributed by atoms with Gasteiger partial charge >= 0.3 is 0 Å². The van der Waals surface area contributed by atoms with E-state index in [1.165, 1.54) is 4.57 Å². The summed E-state index contributed by atoms with van der Waals surface area (Å²) in [5, 5.41) is 2.91. The molecule has 1 aromatic heterocycles. The molecule has 1 heterocycles. The van der Waals surface area contributed by atoms with E-state index in [1.807, 2.05) is 24.3 Å². The SMILES string of the molecule is CC(C)c1ccc(-n2c(SCC(=O)Nc3ccc(F)c(F)c3F)nc3ccccc3c2=O)cc1. The van der Waals surface area contributed by atoms with Gasteiger partial charge < -0.3 is 5.32 Å². The molecular formula is C25H20F3N3O2S. The van der Waals surface area contributed by atoms with Gasteiger partial charge in [0, 0.05) is 0 Å². The first-order valence-electron chi connectivity index (χ1n) is 10.4. The predicted octanol–water partition coefficient (Wildman–Crippen LogP) is 5.66. The molecule has 0 spiro atoms. The summed E-state index contributed by atoms with van der Waals surface area (Å²) in [4.78, 5) is 30.3. The Bertz CT molecular complexity index is 1440. The number of nitrogens with zero attached hydrogens (tertiary/aromatic N) is 2. The topological polar surface area (TPSA) is 64.0 Å². The first-order valence-corrected chi connectivity index (χ1v) is 11.4. The maximum atomic E-state index is 13.9. The quantitative estimate of drug-likeness (QED) is 0.218. The number of amides is 1. The maximum absolute atomic E-state index is 13.9. The van der Waals surface area contributed by atoms with E-state index in [9.17, 15) is 22.8 Å². The van der Waals surface area contributed by atoms with Crippen LogP contribution in [0, 0.1) is 17.5 Å². The number of nitrogens with one attached hydrogen (secondary N) is 1. The van der Waals surface area contributed by atoms with Crippen molar-refractivity contribution in [2.24, 2.45) is 0 Å². The normalized spacial score (nSPS) is 11.2. The van der Waals surface area contributed by atoms with E-state index in [0.717, 1.165) is 29.5 Å². The van der Waals surface area contributed by atoms with E-state index in [0.29, 0.717) is 22.5 Å². The van der Waals surface area contributed by atoms with Gasteiger partial charge in [-0.05, 0) is 47.9 Å². The van der Waals surface area contributed by atoms with Crippen LogP contribution in [-0.2, 0) is 4.79 Å². The minimum atomic E-state index is -1.67. The van der Waals surface area contributed by atoms with Crippen molar-refractivity contribution in [3.8, 4) is 5.69 Å². The number of anilines is 1. The molecular weight excluding hydrogens is 463 g/mol. The van der Waals surface area contributed by atoms with Gasteiger partial charge in [0.2, 0.25) is 5.91 Å². The number of benzene rings is 3. The second-order valence-electron chi connectivity index (χ2n) is 7.86. The molecule has 0 bridgehead atoms. The Morgan fingerprint density at radius 2 is 1.71 bits per heavy atom. The molecule has 0 unspecified atom stereocenters. The van der Waals surface area contributed by atoms with Crippen molar-refractivity contribution in [2.75, 3.05) is 11.1 Å². The molecule has 0 saturated carbocycles. The number of thioether (sulfide) groups is 1. The Morgan fingerprint density at radius 1 is 1.00 bits per heavy atom. The third-order valence-corrected chi connectivity index (χ3v) is 6.14. The molecule has 0 atom stereocenters. The summed E-state index contributed by atoms with van der Waals surface area (Å²) in [7, 11) is 0. The Kier molecular flexibility index (Phi) is 6.74. The van der Waals surface area contributed by atoms with E-state index < -0.39 is 29.0 Å². The molecule has 0 saturated heterocycles. The lowest BCUT2D eigenvalue weighted by Gasteiger charge is -2.14. The smallest absolute Gasteiger partial charge is 0.266 e. The molecule has 3 aromatic carbocycles. The van der Waals surface area contributed by atoms with Crippen LogP contribution >= 0.6 is 11.8 Å². The molecule has 0 aliphatic rings. The van der Waals surface area contributed by atoms with Gasteiger partial charge in [0.25, 0.3) is 5.56 Å². The first-order chi connectivity index (χ1) is 16.3. The van der Waals surface area contributed by atoms with Crippen molar-refractivity contribution in [3.63, 3.8) is 0 Å². The van der Waals surface area contributed by atoms with Crippen molar-refractivity contribution in [1.29, 1.82) is 0 Å². The lowest BCUT2D eigenvalue weighted by Crippen LogP contribution is -2.23. The third kappa shape index (κ3) is 4.70. The van der Waals surface area contributed by atoms with Crippen LogP contribution in [0.4, 0.5) is 18.9 Å². The van der Waals surface area contributed by atoms with E-state index in [2.05, 4.69) is 24.1 Å². The number of carbonyl (C=O) groups is 1. The molecule has 0 aliphatic heterocycles. The fourth-order valence-electron chi connectivity index (χ4n) is 3.38. The highest BCUT2D eigenvalue weighted by molar-refractivity contribution is 7.99. The van der Waals surface area contributed by atoms with Crippen molar-refractivity contribution in [2.45, 2.75) is 24.9 Å². The van der Waals surface area contributed by atoms with Gasteiger partial charge in [-0.1, -0.05) is 49.9 Å². The highest BCUT2D eigenvalue weighted by Crippen LogP contribution is 2.24. The summed E-state index contributed by atoms with van der Waals surface area (Å²) in [6.45, 7) is 4.13. The first kappa shape index (κ1) is 23.6. The molecule has 174 valence electrons. The third-order valence-electron chi connectivity index (χ3n) is 5.20. The molecule has 0 aliphatic carbocycles. The van der Waals surface area contributed by atoms with Crippen LogP contribution in [0.1, 0.15) is 25.3 Å². The number of halogens is 3. The average Bonchev–Trinajstić information content (AvgIpc) is 2.83. The summed E-state index contributed by atoms with van der Waals surface area (Å²) >= 11 is 0.971. The Hall–Kier alpha value is -3.59. The van der Waals surface area contributed by atoms with Crippen LogP contribution in [0.5, 0.6) is 0 Å². The van der Waals surface area contributed by atoms with Crippen LogP contribution in [0.2, 0.25) is 0 Å². The summed E-state index contributed by atoms with van der Waals surface area (Å²) in [6, 6.07) is 16.0. The zero-order valence-electron chi connectivity index (χ0n) is 18.3. The molecule has 1 N–H and O–H groups in total.